The molecule has 1 aliphatic heterocycles. The average molecular weight is 349 g/mol. The molecule has 3 heterocycles. The summed E-state index contributed by atoms with van der Waals surface area (Å²) in [5, 5.41) is 9.98. The molecule has 1 saturated carbocycles. The molecule has 4 rings (SSSR count). The van der Waals surface area contributed by atoms with Crippen molar-refractivity contribution in [3.8, 4) is 0 Å². The first-order chi connectivity index (χ1) is 11.2. The molecule has 0 aromatic carbocycles. The summed E-state index contributed by atoms with van der Waals surface area (Å²) in [4.78, 5) is 24.8. The molecule has 1 atom stereocenters. The van der Waals surface area contributed by atoms with Crippen molar-refractivity contribution in [1.82, 2.24) is 9.78 Å². The fourth-order valence-electron chi connectivity index (χ4n) is 3.54. The number of aromatic amines is 1. The second-order valence-corrected chi connectivity index (χ2v) is 8.03. The van der Waals surface area contributed by atoms with Gasteiger partial charge in [-0.2, -0.15) is 11.3 Å². The van der Waals surface area contributed by atoms with Crippen molar-refractivity contribution >= 4 is 34.8 Å². The van der Waals surface area contributed by atoms with Crippen molar-refractivity contribution in [3.63, 3.8) is 0 Å². The highest BCUT2D eigenvalue weighted by Gasteiger charge is 2.32. The number of hydrogen-bond acceptors (Lipinski definition) is 4. The van der Waals surface area contributed by atoms with Crippen molar-refractivity contribution in [3.05, 3.63) is 38.3 Å². The van der Waals surface area contributed by atoms with Crippen LogP contribution in [0.1, 0.15) is 54.5 Å². The van der Waals surface area contributed by atoms with Crippen molar-refractivity contribution < 1.29 is 4.79 Å². The largest absolute Gasteiger partial charge is 0.310 e. The minimum absolute atomic E-state index is 0.0301. The molecular weight excluding hydrogens is 330 g/mol. The number of fused-ring (bicyclic) bond motifs is 1. The molecule has 0 spiro atoms. The highest BCUT2D eigenvalue weighted by Crippen LogP contribution is 2.42. The van der Waals surface area contributed by atoms with Gasteiger partial charge in [-0.25, -0.2) is 0 Å². The quantitative estimate of drug-likeness (QED) is 0.872. The van der Waals surface area contributed by atoms with E-state index in [0.717, 1.165) is 18.4 Å². The molecule has 0 bridgehead atoms. The highest BCUT2D eigenvalue weighted by molar-refractivity contribution is 8.00. The van der Waals surface area contributed by atoms with Crippen LogP contribution >= 0.6 is 23.1 Å². The predicted molar refractivity (Wildman–Crippen MR) is 94.4 cm³/mol. The predicted octanol–water partition coefficient (Wildman–Crippen LogP) is 3.52. The Kier molecular flexibility index (Phi) is 4.07. The van der Waals surface area contributed by atoms with Gasteiger partial charge in [-0.1, -0.05) is 19.3 Å². The Morgan fingerprint density at radius 2 is 2.00 bits per heavy atom. The smallest absolute Gasteiger partial charge is 0.270 e. The lowest BCUT2D eigenvalue weighted by molar-refractivity contribution is -0.113. The third kappa shape index (κ3) is 2.76. The number of rotatable bonds is 2. The van der Waals surface area contributed by atoms with Gasteiger partial charge in [0, 0.05) is 0 Å². The van der Waals surface area contributed by atoms with Crippen LogP contribution in [0.3, 0.4) is 0 Å². The molecule has 2 aliphatic rings. The molecule has 2 aromatic heterocycles. The number of H-pyrrole nitrogens is 1. The summed E-state index contributed by atoms with van der Waals surface area (Å²) in [5.74, 6) is 1.03. The SMILES string of the molecule is O=C1CS[C@H](c2ccsc2)c2c(n(C3CCCCC3)[nH]c2=O)N1. The van der Waals surface area contributed by atoms with E-state index >= 15 is 0 Å². The van der Waals surface area contributed by atoms with Gasteiger partial charge in [0.1, 0.15) is 5.82 Å². The number of hydrogen-bond donors (Lipinski definition) is 2. The molecule has 1 amide bonds. The van der Waals surface area contributed by atoms with Crippen LogP contribution in [-0.4, -0.2) is 21.4 Å². The number of carbonyl (C=O) groups is 1. The van der Waals surface area contributed by atoms with E-state index in [-0.39, 0.29) is 22.8 Å². The molecule has 2 N–H and O–H groups in total. The van der Waals surface area contributed by atoms with Crippen molar-refractivity contribution in [2.45, 2.75) is 43.4 Å². The third-order valence-corrected chi connectivity index (χ3v) is 6.62. The van der Waals surface area contributed by atoms with Gasteiger partial charge in [-0.3, -0.25) is 19.4 Å². The summed E-state index contributed by atoms with van der Waals surface area (Å²) in [6.07, 6.45) is 5.73. The Balaban J connectivity index is 1.82. The topological polar surface area (TPSA) is 66.9 Å². The van der Waals surface area contributed by atoms with Gasteiger partial charge in [-0.15, -0.1) is 11.8 Å². The Hall–Kier alpha value is -1.47. The van der Waals surface area contributed by atoms with Gasteiger partial charge < -0.3 is 5.32 Å². The third-order valence-electron chi connectivity index (χ3n) is 4.65. The van der Waals surface area contributed by atoms with Crippen LogP contribution in [0.5, 0.6) is 0 Å². The second kappa shape index (κ2) is 6.20. The number of aromatic nitrogens is 2. The summed E-state index contributed by atoms with van der Waals surface area (Å²) in [6.45, 7) is 0. The molecule has 2 aromatic rings. The lowest BCUT2D eigenvalue weighted by Gasteiger charge is -2.24. The maximum absolute atomic E-state index is 12.7. The van der Waals surface area contributed by atoms with Crippen molar-refractivity contribution in [1.29, 1.82) is 0 Å². The van der Waals surface area contributed by atoms with Crippen LogP contribution in [0, 0.1) is 0 Å². The first kappa shape index (κ1) is 15.1. The lowest BCUT2D eigenvalue weighted by Crippen LogP contribution is -2.21. The zero-order valence-corrected chi connectivity index (χ0v) is 14.3. The van der Waals surface area contributed by atoms with Crippen LogP contribution in [0.15, 0.2) is 21.6 Å². The summed E-state index contributed by atoms with van der Waals surface area (Å²) in [7, 11) is 0. The molecule has 122 valence electrons. The number of nitrogens with zero attached hydrogens (tertiary/aromatic N) is 1. The Labute approximate surface area is 142 Å². The van der Waals surface area contributed by atoms with E-state index < -0.39 is 0 Å². The summed E-state index contributed by atoms with van der Waals surface area (Å²) >= 11 is 3.15. The van der Waals surface area contributed by atoms with Crippen LogP contribution in [0.2, 0.25) is 0 Å². The molecular formula is C16H19N3O2S2. The first-order valence-electron chi connectivity index (χ1n) is 8.02. The maximum Gasteiger partial charge on any atom is 0.270 e. The molecule has 1 aliphatic carbocycles. The minimum atomic E-state index is -0.0798. The van der Waals surface area contributed by atoms with Crippen LogP contribution in [0.25, 0.3) is 0 Å². The molecule has 0 unspecified atom stereocenters. The molecule has 23 heavy (non-hydrogen) atoms. The monoisotopic (exact) mass is 349 g/mol. The van der Waals surface area contributed by atoms with E-state index in [4.69, 9.17) is 0 Å². The normalized spacial score (nSPS) is 22.4. The average Bonchev–Trinajstić information content (AvgIpc) is 3.15. The number of thiophene rings is 1. The Bertz CT molecular complexity index is 757. The van der Waals surface area contributed by atoms with Gasteiger partial charge in [0.2, 0.25) is 5.91 Å². The summed E-state index contributed by atoms with van der Waals surface area (Å²) in [5.41, 5.74) is 1.73. The van der Waals surface area contributed by atoms with E-state index in [2.05, 4.69) is 15.8 Å². The Morgan fingerprint density at radius 1 is 1.17 bits per heavy atom. The number of thioether (sulfide) groups is 1. The molecule has 0 radical (unpaired) electrons. The second-order valence-electron chi connectivity index (χ2n) is 6.16. The van der Waals surface area contributed by atoms with E-state index in [1.807, 2.05) is 16.1 Å². The maximum atomic E-state index is 12.7. The summed E-state index contributed by atoms with van der Waals surface area (Å²) < 4.78 is 1.93. The number of anilines is 1. The van der Waals surface area contributed by atoms with Gasteiger partial charge in [0.15, 0.2) is 0 Å². The zero-order chi connectivity index (χ0) is 15.8. The van der Waals surface area contributed by atoms with E-state index in [9.17, 15) is 9.59 Å². The molecule has 0 saturated heterocycles. The number of nitrogens with one attached hydrogen (secondary N) is 2. The molecule has 1 fully saturated rings. The van der Waals surface area contributed by atoms with Crippen LogP contribution in [-0.2, 0) is 4.79 Å². The fourth-order valence-corrected chi connectivity index (χ4v) is 5.43. The van der Waals surface area contributed by atoms with Crippen LogP contribution < -0.4 is 10.9 Å². The fraction of sp³-hybridized carbons (Fsp3) is 0.500. The highest BCUT2D eigenvalue weighted by atomic mass is 32.2. The first-order valence-corrected chi connectivity index (χ1v) is 10.0. The molecule has 5 nitrogen and oxygen atoms in total. The Morgan fingerprint density at radius 3 is 2.74 bits per heavy atom. The van der Waals surface area contributed by atoms with Gasteiger partial charge in [0.25, 0.3) is 5.56 Å². The van der Waals surface area contributed by atoms with Gasteiger partial charge >= 0.3 is 0 Å². The summed E-state index contributed by atoms with van der Waals surface area (Å²) in [6, 6.07) is 2.32. The minimum Gasteiger partial charge on any atom is -0.310 e. The lowest BCUT2D eigenvalue weighted by atomic mass is 9.95. The standard InChI is InChI=1S/C16H19N3O2S2/c20-12-9-23-14(10-6-7-22-8-10)13-15(17-12)19(18-16(13)21)11-4-2-1-3-5-11/h6-8,11,14H,1-5,9H2,(H,17,20)(H,18,21)/t14-/m1/s1. The number of carbonyl (C=O) groups excluding carboxylic acids is 1. The van der Waals surface area contributed by atoms with Crippen LogP contribution in [0.4, 0.5) is 5.82 Å². The van der Waals surface area contributed by atoms with Gasteiger partial charge in [-0.05, 0) is 35.2 Å². The van der Waals surface area contributed by atoms with Gasteiger partial charge in [0.05, 0.1) is 22.6 Å². The van der Waals surface area contributed by atoms with E-state index in [1.54, 1.807) is 11.3 Å². The van der Waals surface area contributed by atoms with E-state index in [1.165, 1.54) is 31.0 Å². The van der Waals surface area contributed by atoms with Crippen molar-refractivity contribution in [2.24, 2.45) is 0 Å². The zero-order valence-electron chi connectivity index (χ0n) is 12.7. The van der Waals surface area contributed by atoms with E-state index in [0.29, 0.717) is 17.1 Å². The number of amides is 1. The van der Waals surface area contributed by atoms with Crippen molar-refractivity contribution in [2.75, 3.05) is 11.1 Å². The molecule has 7 heteroatoms.